The Balaban J connectivity index is 1.36. The van der Waals surface area contributed by atoms with Crippen molar-refractivity contribution in [2.24, 2.45) is 5.10 Å². The zero-order valence-electron chi connectivity index (χ0n) is 16.3. The molecule has 0 fully saturated rings. The average molecular weight is 514 g/mol. The van der Waals surface area contributed by atoms with E-state index in [0.29, 0.717) is 5.13 Å². The molecule has 4 aromatic rings. The van der Waals surface area contributed by atoms with Crippen LogP contribution in [0.3, 0.4) is 0 Å². The largest absolute Gasteiger partial charge is 0.423 e. The van der Waals surface area contributed by atoms with Crippen LogP contribution in [0, 0.1) is 11.6 Å². The number of hydrogen-bond donors (Lipinski definition) is 1. The lowest BCUT2D eigenvalue weighted by molar-refractivity contribution is 0.0724. The van der Waals surface area contributed by atoms with Gasteiger partial charge in [-0.3, -0.25) is 5.43 Å². The van der Waals surface area contributed by atoms with Crippen LogP contribution in [0.5, 0.6) is 5.75 Å². The van der Waals surface area contributed by atoms with E-state index in [0.717, 1.165) is 33.4 Å². The summed E-state index contributed by atoms with van der Waals surface area (Å²) >= 11 is 4.83. The number of anilines is 1. The Labute approximate surface area is 194 Å². The first-order chi connectivity index (χ1) is 15.5. The maximum atomic E-state index is 13.7. The third-order valence-electron chi connectivity index (χ3n) is 4.28. The van der Waals surface area contributed by atoms with E-state index in [-0.39, 0.29) is 5.75 Å². The van der Waals surface area contributed by atoms with Crippen LogP contribution >= 0.6 is 27.3 Å². The van der Waals surface area contributed by atoms with Gasteiger partial charge in [-0.1, -0.05) is 34.1 Å². The number of nitrogens with zero attached hydrogens (tertiary/aromatic N) is 2. The van der Waals surface area contributed by atoms with Crippen molar-refractivity contribution in [3.8, 4) is 17.0 Å². The van der Waals surface area contributed by atoms with Gasteiger partial charge in [-0.05, 0) is 54.1 Å². The van der Waals surface area contributed by atoms with Crippen LogP contribution in [0.1, 0.15) is 15.9 Å². The van der Waals surface area contributed by atoms with E-state index in [1.54, 1.807) is 18.3 Å². The van der Waals surface area contributed by atoms with Crippen LogP contribution in [0.15, 0.2) is 81.7 Å². The van der Waals surface area contributed by atoms with Crippen LogP contribution in [0.25, 0.3) is 11.3 Å². The molecule has 0 amide bonds. The van der Waals surface area contributed by atoms with Crippen LogP contribution < -0.4 is 10.2 Å². The smallest absolute Gasteiger partial charge is 0.349 e. The predicted octanol–water partition coefficient (Wildman–Crippen LogP) is 6.52. The molecule has 32 heavy (non-hydrogen) atoms. The van der Waals surface area contributed by atoms with Gasteiger partial charge in [0.2, 0.25) is 5.13 Å². The maximum absolute atomic E-state index is 13.7. The number of hydrazone groups is 1. The molecule has 5 nitrogen and oxygen atoms in total. The monoisotopic (exact) mass is 513 g/mol. The van der Waals surface area contributed by atoms with Crippen LogP contribution in [0.4, 0.5) is 13.9 Å². The minimum Gasteiger partial charge on any atom is -0.423 e. The van der Waals surface area contributed by atoms with E-state index < -0.39 is 23.2 Å². The zero-order valence-corrected chi connectivity index (χ0v) is 18.7. The maximum Gasteiger partial charge on any atom is 0.349 e. The Kier molecular flexibility index (Phi) is 6.67. The second-order valence-corrected chi connectivity index (χ2v) is 8.24. The topological polar surface area (TPSA) is 63.6 Å². The molecule has 1 aromatic heterocycles. The number of carbonyl (C=O) groups excluding carboxylic acids is 1. The van der Waals surface area contributed by atoms with Gasteiger partial charge in [-0.2, -0.15) is 5.10 Å². The van der Waals surface area contributed by atoms with Crippen molar-refractivity contribution < 1.29 is 18.3 Å². The van der Waals surface area contributed by atoms with Crippen LogP contribution in [-0.4, -0.2) is 17.2 Å². The second kappa shape index (κ2) is 9.80. The van der Waals surface area contributed by atoms with Crippen molar-refractivity contribution in [3.05, 3.63) is 99.3 Å². The van der Waals surface area contributed by atoms with Gasteiger partial charge in [0.1, 0.15) is 22.9 Å². The fraction of sp³-hybridized carbons (Fsp3) is 0. The first kappa shape index (κ1) is 21.8. The Bertz CT molecular complexity index is 1260. The molecule has 0 radical (unpaired) electrons. The van der Waals surface area contributed by atoms with Crippen LogP contribution in [-0.2, 0) is 0 Å². The normalized spacial score (nSPS) is 11.0. The fourth-order valence-electron chi connectivity index (χ4n) is 2.71. The number of aromatic nitrogens is 1. The summed E-state index contributed by atoms with van der Waals surface area (Å²) in [5, 5.41) is 6.72. The molecule has 160 valence electrons. The molecule has 1 N–H and O–H groups in total. The Morgan fingerprint density at radius 2 is 1.72 bits per heavy atom. The van der Waals surface area contributed by atoms with E-state index in [1.807, 2.05) is 29.6 Å². The van der Waals surface area contributed by atoms with Crippen LogP contribution in [0.2, 0.25) is 0 Å². The van der Waals surface area contributed by atoms with Crippen molar-refractivity contribution in [1.29, 1.82) is 0 Å². The lowest BCUT2D eigenvalue weighted by atomic mass is 10.2. The highest BCUT2D eigenvalue weighted by molar-refractivity contribution is 9.10. The predicted molar refractivity (Wildman–Crippen MR) is 124 cm³/mol. The number of esters is 1. The highest BCUT2D eigenvalue weighted by Crippen LogP contribution is 2.26. The van der Waals surface area contributed by atoms with Gasteiger partial charge in [0, 0.05) is 15.4 Å². The highest BCUT2D eigenvalue weighted by Gasteiger charge is 2.19. The van der Waals surface area contributed by atoms with E-state index in [1.165, 1.54) is 29.5 Å². The van der Waals surface area contributed by atoms with Gasteiger partial charge >= 0.3 is 5.97 Å². The molecule has 3 aromatic carbocycles. The molecule has 0 atom stereocenters. The third-order valence-corrected chi connectivity index (χ3v) is 5.55. The lowest BCUT2D eigenvalue weighted by Crippen LogP contribution is -2.13. The number of thiazole rings is 1. The summed E-state index contributed by atoms with van der Waals surface area (Å²) in [6, 6.07) is 17.3. The van der Waals surface area contributed by atoms with Crippen molar-refractivity contribution in [2.75, 3.05) is 5.43 Å². The molecule has 0 bridgehead atoms. The third kappa shape index (κ3) is 5.24. The summed E-state index contributed by atoms with van der Waals surface area (Å²) in [5.74, 6) is -2.90. The quantitative estimate of drug-likeness (QED) is 0.138. The van der Waals surface area contributed by atoms with E-state index in [2.05, 4.69) is 31.4 Å². The van der Waals surface area contributed by atoms with E-state index >= 15 is 0 Å². The number of carbonyl (C=O) groups is 1. The first-order valence-corrected chi connectivity index (χ1v) is 10.9. The first-order valence-electron chi connectivity index (χ1n) is 9.26. The number of halogens is 3. The Morgan fingerprint density at radius 3 is 2.41 bits per heavy atom. The summed E-state index contributed by atoms with van der Waals surface area (Å²) in [7, 11) is 0. The van der Waals surface area contributed by atoms with Gasteiger partial charge in [0.15, 0.2) is 0 Å². The Morgan fingerprint density at radius 1 is 1.03 bits per heavy atom. The molecule has 9 heteroatoms. The molecule has 1 heterocycles. The minimum absolute atomic E-state index is 0.154. The summed E-state index contributed by atoms with van der Waals surface area (Å²) in [6.07, 6.45) is 1.57. The van der Waals surface area contributed by atoms with Gasteiger partial charge in [-0.15, -0.1) is 11.3 Å². The second-order valence-electron chi connectivity index (χ2n) is 6.47. The summed E-state index contributed by atoms with van der Waals surface area (Å²) < 4.78 is 33.4. The number of ether oxygens (including phenoxy) is 1. The van der Waals surface area contributed by atoms with E-state index in [4.69, 9.17) is 4.74 Å². The highest BCUT2D eigenvalue weighted by atomic mass is 79.9. The SMILES string of the molecule is O=C(Oc1ccc(/C=N\Nc2nc(-c3ccc(Br)cc3)cs2)cc1)c1c(F)cccc1F. The summed E-state index contributed by atoms with van der Waals surface area (Å²) in [4.78, 5) is 16.5. The molecule has 0 unspecified atom stereocenters. The van der Waals surface area contributed by atoms with Gasteiger partial charge in [0.25, 0.3) is 0 Å². The molecule has 0 aliphatic carbocycles. The molecule has 0 aliphatic heterocycles. The standard InChI is InChI=1S/C23H14BrF2N3O2S/c24-16-8-6-15(7-9-16)20-13-32-23(28-20)29-27-12-14-4-10-17(11-5-14)31-22(30)21-18(25)2-1-3-19(21)26/h1-13H,(H,28,29)/b27-12-. The van der Waals surface area contributed by atoms with Crippen molar-refractivity contribution in [3.63, 3.8) is 0 Å². The molecule has 0 saturated carbocycles. The average Bonchev–Trinajstić information content (AvgIpc) is 3.24. The minimum atomic E-state index is -1.10. The summed E-state index contributed by atoms with van der Waals surface area (Å²) in [6.45, 7) is 0. The van der Waals surface area contributed by atoms with Gasteiger partial charge < -0.3 is 4.74 Å². The van der Waals surface area contributed by atoms with Gasteiger partial charge in [0.05, 0.1) is 11.9 Å². The van der Waals surface area contributed by atoms with Crippen molar-refractivity contribution in [2.45, 2.75) is 0 Å². The molecule has 0 spiro atoms. The molecule has 0 saturated heterocycles. The zero-order chi connectivity index (χ0) is 22.5. The molecule has 0 aliphatic rings. The number of benzene rings is 3. The van der Waals surface area contributed by atoms with Gasteiger partial charge in [-0.25, -0.2) is 18.6 Å². The number of rotatable bonds is 6. The fourth-order valence-corrected chi connectivity index (χ4v) is 3.65. The molecular formula is C23H14BrF2N3O2S. The van der Waals surface area contributed by atoms with E-state index in [9.17, 15) is 13.6 Å². The Hall–Kier alpha value is -3.43. The number of hydrogen-bond acceptors (Lipinski definition) is 6. The molecular weight excluding hydrogens is 500 g/mol. The summed E-state index contributed by atoms with van der Waals surface area (Å²) in [5.41, 5.74) is 4.71. The lowest BCUT2D eigenvalue weighted by Gasteiger charge is -2.06. The molecule has 4 rings (SSSR count). The van der Waals surface area contributed by atoms with Crippen molar-refractivity contribution >= 4 is 44.6 Å². The number of nitrogens with one attached hydrogen (secondary N) is 1. The van der Waals surface area contributed by atoms with Crippen molar-refractivity contribution in [1.82, 2.24) is 4.98 Å².